The van der Waals surface area contributed by atoms with Gasteiger partial charge in [-0.25, -0.2) is 0 Å². The highest BCUT2D eigenvalue weighted by atomic mass is 16.3. The fraction of sp³-hybridized carbons (Fsp3) is 0.625. The molecule has 1 atom stereocenters. The molecule has 0 amide bonds. The molecule has 0 spiro atoms. The lowest BCUT2D eigenvalue weighted by molar-refractivity contribution is 0.0576. The highest BCUT2D eigenvalue weighted by Gasteiger charge is 2.31. The topological polar surface area (TPSA) is 49.5 Å². The lowest BCUT2D eigenvalue weighted by Gasteiger charge is -2.39. The smallest absolute Gasteiger partial charge is 0.0564 e. The predicted octanol–water partition coefficient (Wildman–Crippen LogP) is 2.17. The average molecular weight is 262 g/mol. The van der Waals surface area contributed by atoms with Crippen LogP contribution in [0.4, 0.5) is 0 Å². The van der Waals surface area contributed by atoms with Gasteiger partial charge in [-0.3, -0.25) is 0 Å². The molecule has 1 aliphatic heterocycles. The van der Waals surface area contributed by atoms with Gasteiger partial charge in [0.05, 0.1) is 6.10 Å². The number of nitrogens with two attached hydrogens (primary N) is 1. The molecule has 106 valence electrons. The van der Waals surface area contributed by atoms with Crippen LogP contribution >= 0.6 is 0 Å². The Labute approximate surface area is 116 Å². The van der Waals surface area contributed by atoms with E-state index in [1.54, 1.807) is 0 Å². The Balaban J connectivity index is 1.97. The minimum absolute atomic E-state index is 0.0314. The SMILES string of the molecule is CC(C)(CN1CCC(O)CC1)C(N)c1ccccc1. The number of benzene rings is 1. The van der Waals surface area contributed by atoms with Gasteiger partial charge in [-0.15, -0.1) is 0 Å². The Morgan fingerprint density at radius 1 is 1.26 bits per heavy atom. The van der Waals surface area contributed by atoms with Crippen molar-refractivity contribution in [1.82, 2.24) is 4.90 Å². The van der Waals surface area contributed by atoms with Crippen LogP contribution < -0.4 is 5.73 Å². The van der Waals surface area contributed by atoms with Crippen molar-refractivity contribution in [2.45, 2.75) is 38.8 Å². The number of hydrogen-bond donors (Lipinski definition) is 2. The quantitative estimate of drug-likeness (QED) is 0.874. The predicted molar refractivity (Wildman–Crippen MR) is 78.8 cm³/mol. The highest BCUT2D eigenvalue weighted by Crippen LogP contribution is 2.32. The average Bonchev–Trinajstić information content (AvgIpc) is 2.41. The first kappa shape index (κ1) is 14.5. The van der Waals surface area contributed by atoms with Crippen molar-refractivity contribution in [1.29, 1.82) is 0 Å². The number of piperidine rings is 1. The number of nitrogens with zero attached hydrogens (tertiary/aromatic N) is 1. The van der Waals surface area contributed by atoms with Crippen LogP contribution in [0, 0.1) is 5.41 Å². The summed E-state index contributed by atoms with van der Waals surface area (Å²) in [5, 5.41) is 9.56. The van der Waals surface area contributed by atoms with Crippen molar-refractivity contribution < 1.29 is 5.11 Å². The summed E-state index contributed by atoms with van der Waals surface area (Å²) >= 11 is 0. The monoisotopic (exact) mass is 262 g/mol. The fourth-order valence-corrected chi connectivity index (χ4v) is 2.86. The van der Waals surface area contributed by atoms with Crippen LogP contribution in [0.5, 0.6) is 0 Å². The van der Waals surface area contributed by atoms with Crippen LogP contribution in [0.2, 0.25) is 0 Å². The summed E-state index contributed by atoms with van der Waals surface area (Å²) < 4.78 is 0. The third kappa shape index (κ3) is 3.78. The van der Waals surface area contributed by atoms with Gasteiger partial charge in [-0.1, -0.05) is 44.2 Å². The molecule has 1 aliphatic rings. The largest absolute Gasteiger partial charge is 0.393 e. The first-order valence-corrected chi connectivity index (χ1v) is 7.20. The second kappa shape index (κ2) is 6.04. The van der Waals surface area contributed by atoms with Gasteiger partial charge in [0, 0.05) is 25.7 Å². The van der Waals surface area contributed by atoms with E-state index in [1.165, 1.54) is 5.56 Å². The van der Waals surface area contributed by atoms with E-state index in [9.17, 15) is 5.11 Å². The van der Waals surface area contributed by atoms with Crippen LogP contribution in [-0.4, -0.2) is 35.7 Å². The molecule has 1 aromatic carbocycles. The van der Waals surface area contributed by atoms with Gasteiger partial charge in [0.25, 0.3) is 0 Å². The van der Waals surface area contributed by atoms with E-state index in [0.717, 1.165) is 32.5 Å². The van der Waals surface area contributed by atoms with E-state index >= 15 is 0 Å². The molecule has 1 heterocycles. The number of aliphatic hydroxyl groups excluding tert-OH is 1. The van der Waals surface area contributed by atoms with Gasteiger partial charge in [0.15, 0.2) is 0 Å². The summed E-state index contributed by atoms with van der Waals surface area (Å²) in [6.07, 6.45) is 1.66. The van der Waals surface area contributed by atoms with Crippen LogP contribution in [-0.2, 0) is 0 Å². The highest BCUT2D eigenvalue weighted by molar-refractivity contribution is 5.20. The minimum atomic E-state index is -0.109. The number of rotatable bonds is 4. The Morgan fingerprint density at radius 3 is 2.42 bits per heavy atom. The lowest BCUT2D eigenvalue weighted by atomic mass is 9.80. The fourth-order valence-electron chi connectivity index (χ4n) is 2.86. The summed E-state index contributed by atoms with van der Waals surface area (Å²) in [5.41, 5.74) is 7.67. The van der Waals surface area contributed by atoms with Gasteiger partial charge in [-0.2, -0.15) is 0 Å². The molecule has 3 heteroatoms. The Morgan fingerprint density at radius 2 is 1.84 bits per heavy atom. The normalized spacial score (nSPS) is 20.4. The zero-order valence-corrected chi connectivity index (χ0v) is 12.0. The molecule has 1 fully saturated rings. The van der Waals surface area contributed by atoms with Crippen LogP contribution in [0.1, 0.15) is 38.3 Å². The van der Waals surface area contributed by atoms with Crippen molar-refractivity contribution in [3.8, 4) is 0 Å². The summed E-state index contributed by atoms with van der Waals surface area (Å²) in [7, 11) is 0. The summed E-state index contributed by atoms with van der Waals surface area (Å²) in [6, 6.07) is 10.4. The Bertz CT molecular complexity index is 383. The van der Waals surface area contributed by atoms with Crippen molar-refractivity contribution in [3.05, 3.63) is 35.9 Å². The van der Waals surface area contributed by atoms with Crippen LogP contribution in [0.25, 0.3) is 0 Å². The molecular formula is C16H26N2O. The maximum atomic E-state index is 9.56. The molecule has 3 N–H and O–H groups in total. The van der Waals surface area contributed by atoms with Crippen molar-refractivity contribution >= 4 is 0 Å². The van der Waals surface area contributed by atoms with E-state index in [-0.39, 0.29) is 17.6 Å². The lowest BCUT2D eigenvalue weighted by Crippen LogP contribution is -2.45. The summed E-state index contributed by atoms with van der Waals surface area (Å²) in [4.78, 5) is 2.43. The molecule has 0 aromatic heterocycles. The maximum Gasteiger partial charge on any atom is 0.0564 e. The Kier molecular flexibility index (Phi) is 4.61. The molecule has 1 unspecified atom stereocenters. The minimum Gasteiger partial charge on any atom is -0.393 e. The molecule has 19 heavy (non-hydrogen) atoms. The van der Waals surface area contributed by atoms with E-state index in [0.29, 0.717) is 0 Å². The number of aliphatic hydroxyl groups is 1. The van der Waals surface area contributed by atoms with Crippen LogP contribution in [0.15, 0.2) is 30.3 Å². The zero-order valence-electron chi connectivity index (χ0n) is 12.0. The van der Waals surface area contributed by atoms with Gasteiger partial charge >= 0.3 is 0 Å². The number of likely N-dealkylation sites (tertiary alicyclic amines) is 1. The van der Waals surface area contributed by atoms with Crippen molar-refractivity contribution in [3.63, 3.8) is 0 Å². The second-order valence-electron chi connectivity index (χ2n) is 6.38. The van der Waals surface area contributed by atoms with Gasteiger partial charge < -0.3 is 15.7 Å². The van der Waals surface area contributed by atoms with Crippen LogP contribution in [0.3, 0.4) is 0 Å². The maximum absolute atomic E-state index is 9.56. The third-order valence-electron chi connectivity index (χ3n) is 4.19. The molecule has 1 saturated heterocycles. The van der Waals surface area contributed by atoms with E-state index in [2.05, 4.69) is 30.9 Å². The van der Waals surface area contributed by atoms with Gasteiger partial charge in [0.2, 0.25) is 0 Å². The summed E-state index contributed by atoms with van der Waals surface area (Å²) in [5.74, 6) is 0. The Hall–Kier alpha value is -0.900. The third-order valence-corrected chi connectivity index (χ3v) is 4.19. The summed E-state index contributed by atoms with van der Waals surface area (Å²) in [6.45, 7) is 7.40. The first-order valence-electron chi connectivity index (χ1n) is 7.20. The van der Waals surface area contributed by atoms with Crippen molar-refractivity contribution in [2.75, 3.05) is 19.6 Å². The second-order valence-corrected chi connectivity index (χ2v) is 6.38. The van der Waals surface area contributed by atoms with E-state index < -0.39 is 0 Å². The van der Waals surface area contributed by atoms with Gasteiger partial charge in [-0.05, 0) is 23.8 Å². The molecule has 0 aliphatic carbocycles. The van der Waals surface area contributed by atoms with Crippen molar-refractivity contribution in [2.24, 2.45) is 11.1 Å². The molecular weight excluding hydrogens is 236 g/mol. The molecule has 1 aromatic rings. The molecule has 0 radical (unpaired) electrons. The molecule has 0 saturated carbocycles. The van der Waals surface area contributed by atoms with E-state index in [4.69, 9.17) is 5.73 Å². The van der Waals surface area contributed by atoms with Gasteiger partial charge in [0.1, 0.15) is 0 Å². The molecule has 0 bridgehead atoms. The first-order chi connectivity index (χ1) is 8.99. The zero-order chi connectivity index (χ0) is 13.9. The van der Waals surface area contributed by atoms with E-state index in [1.807, 2.05) is 18.2 Å². The molecule has 3 nitrogen and oxygen atoms in total. The standard InChI is InChI=1S/C16H26N2O/c1-16(2,12-18-10-8-14(19)9-11-18)15(17)13-6-4-3-5-7-13/h3-7,14-15,19H,8-12,17H2,1-2H3. The molecule has 2 rings (SSSR count). The number of hydrogen-bond acceptors (Lipinski definition) is 3.